The van der Waals surface area contributed by atoms with E-state index in [9.17, 15) is 9.59 Å². The van der Waals surface area contributed by atoms with Gasteiger partial charge in [-0.05, 0) is 19.8 Å². The fourth-order valence-electron chi connectivity index (χ4n) is 2.14. The van der Waals surface area contributed by atoms with Gasteiger partial charge in [0, 0.05) is 13.1 Å². The predicted octanol–water partition coefficient (Wildman–Crippen LogP) is 0.601. The molecule has 0 aromatic carbocycles. The topological polar surface area (TPSA) is 64.4 Å². The number of imidazole rings is 1. The minimum atomic E-state index is -0.468. The van der Waals surface area contributed by atoms with Crippen molar-refractivity contribution >= 4 is 11.9 Å². The Kier molecular flexibility index (Phi) is 3.64. The number of carbonyl (C=O) groups is 2. The van der Waals surface area contributed by atoms with Gasteiger partial charge in [0.25, 0.3) is 0 Å². The summed E-state index contributed by atoms with van der Waals surface area (Å²) in [4.78, 5) is 29.5. The van der Waals surface area contributed by atoms with Gasteiger partial charge in [-0.25, -0.2) is 9.78 Å². The summed E-state index contributed by atoms with van der Waals surface area (Å²) < 4.78 is 6.28. The van der Waals surface area contributed by atoms with Gasteiger partial charge in [-0.1, -0.05) is 0 Å². The average Bonchev–Trinajstić information content (AvgIpc) is 2.99. The van der Waals surface area contributed by atoms with Gasteiger partial charge < -0.3 is 14.2 Å². The molecule has 1 fully saturated rings. The molecular formula is C12H17N3O3. The predicted molar refractivity (Wildman–Crippen MR) is 64.1 cm³/mol. The maximum Gasteiger partial charge on any atom is 0.356 e. The van der Waals surface area contributed by atoms with Crippen molar-refractivity contribution < 1.29 is 14.3 Å². The van der Waals surface area contributed by atoms with Crippen LogP contribution in [-0.4, -0.2) is 46.5 Å². The number of nitrogens with zero attached hydrogens (tertiary/aromatic N) is 3. The zero-order valence-electron chi connectivity index (χ0n) is 10.7. The molecule has 1 aromatic rings. The van der Waals surface area contributed by atoms with Gasteiger partial charge in [-0.2, -0.15) is 0 Å². The summed E-state index contributed by atoms with van der Waals surface area (Å²) in [6.07, 6.45) is 3.55. The summed E-state index contributed by atoms with van der Waals surface area (Å²) in [7, 11) is 1.32. The van der Waals surface area contributed by atoms with Crippen LogP contribution >= 0.6 is 0 Å². The van der Waals surface area contributed by atoms with Crippen molar-refractivity contribution in [1.82, 2.24) is 14.5 Å². The van der Waals surface area contributed by atoms with E-state index in [2.05, 4.69) is 9.72 Å². The Hall–Kier alpha value is -1.85. The lowest BCUT2D eigenvalue weighted by atomic mass is 10.4. The standard InChI is InChI=1S/C12H17N3O3/c1-9-13-7-10(12(17)18-2)15(9)8-11(16)14-5-3-4-6-14/h7H,3-6,8H2,1-2H3. The highest BCUT2D eigenvalue weighted by Crippen LogP contribution is 2.11. The van der Waals surface area contributed by atoms with Gasteiger partial charge >= 0.3 is 5.97 Å². The monoisotopic (exact) mass is 251 g/mol. The van der Waals surface area contributed by atoms with Crippen LogP contribution in [0.5, 0.6) is 0 Å². The van der Waals surface area contributed by atoms with Gasteiger partial charge in [0.2, 0.25) is 5.91 Å². The molecule has 0 aliphatic carbocycles. The zero-order chi connectivity index (χ0) is 13.1. The first-order chi connectivity index (χ1) is 8.63. The maximum absolute atomic E-state index is 12.1. The summed E-state index contributed by atoms with van der Waals surface area (Å²) in [6, 6.07) is 0. The molecule has 0 unspecified atom stereocenters. The summed E-state index contributed by atoms with van der Waals surface area (Å²) in [5.41, 5.74) is 0.322. The number of carbonyl (C=O) groups excluding carboxylic acids is 2. The van der Waals surface area contributed by atoms with E-state index in [0.29, 0.717) is 11.5 Å². The molecule has 0 saturated carbocycles. The first-order valence-corrected chi connectivity index (χ1v) is 6.01. The van der Waals surface area contributed by atoms with Crippen LogP contribution < -0.4 is 0 Å². The lowest BCUT2D eigenvalue weighted by Crippen LogP contribution is -2.32. The van der Waals surface area contributed by atoms with Gasteiger partial charge in [0.15, 0.2) is 0 Å². The molecule has 1 aliphatic rings. The number of hydrogen-bond donors (Lipinski definition) is 0. The Labute approximate surface area is 106 Å². The second kappa shape index (κ2) is 5.20. The molecule has 1 aliphatic heterocycles. The highest BCUT2D eigenvalue weighted by Gasteiger charge is 2.22. The number of rotatable bonds is 3. The van der Waals surface area contributed by atoms with E-state index in [0.717, 1.165) is 25.9 Å². The number of esters is 1. The molecule has 0 atom stereocenters. The van der Waals surface area contributed by atoms with Crippen LogP contribution in [-0.2, 0) is 16.1 Å². The molecule has 6 nitrogen and oxygen atoms in total. The number of ether oxygens (including phenoxy) is 1. The number of likely N-dealkylation sites (tertiary alicyclic amines) is 1. The molecule has 0 bridgehead atoms. The van der Waals surface area contributed by atoms with Crippen molar-refractivity contribution in [3.05, 3.63) is 17.7 Å². The summed E-state index contributed by atoms with van der Waals surface area (Å²) in [6.45, 7) is 3.53. The molecule has 0 spiro atoms. The fraction of sp³-hybridized carbons (Fsp3) is 0.583. The molecule has 1 aromatic heterocycles. The van der Waals surface area contributed by atoms with Crippen LogP contribution in [0, 0.1) is 6.92 Å². The summed E-state index contributed by atoms with van der Waals surface area (Å²) >= 11 is 0. The number of hydrogen-bond acceptors (Lipinski definition) is 4. The highest BCUT2D eigenvalue weighted by atomic mass is 16.5. The van der Waals surface area contributed by atoms with Crippen LogP contribution in [0.3, 0.4) is 0 Å². The molecule has 0 radical (unpaired) electrons. The zero-order valence-corrected chi connectivity index (χ0v) is 10.7. The quantitative estimate of drug-likeness (QED) is 0.738. The Morgan fingerprint density at radius 3 is 2.67 bits per heavy atom. The van der Waals surface area contributed by atoms with E-state index < -0.39 is 5.97 Å². The van der Waals surface area contributed by atoms with Crippen LogP contribution in [0.15, 0.2) is 6.20 Å². The van der Waals surface area contributed by atoms with Crippen LogP contribution in [0.25, 0.3) is 0 Å². The van der Waals surface area contributed by atoms with Gasteiger partial charge in [-0.3, -0.25) is 4.79 Å². The average molecular weight is 251 g/mol. The molecular weight excluding hydrogens is 234 g/mol. The van der Waals surface area contributed by atoms with Crippen molar-refractivity contribution in [2.45, 2.75) is 26.3 Å². The molecule has 0 N–H and O–H groups in total. The highest BCUT2D eigenvalue weighted by molar-refractivity contribution is 5.88. The molecule has 2 heterocycles. The third-order valence-corrected chi connectivity index (χ3v) is 3.20. The first kappa shape index (κ1) is 12.6. The number of aromatic nitrogens is 2. The second-order valence-corrected chi connectivity index (χ2v) is 4.36. The molecule has 2 rings (SSSR count). The minimum Gasteiger partial charge on any atom is -0.464 e. The Morgan fingerprint density at radius 1 is 1.39 bits per heavy atom. The lowest BCUT2D eigenvalue weighted by Gasteiger charge is -2.16. The third kappa shape index (κ3) is 2.37. The largest absolute Gasteiger partial charge is 0.464 e. The van der Waals surface area contributed by atoms with Gasteiger partial charge in [-0.15, -0.1) is 0 Å². The van der Waals surface area contributed by atoms with Crippen molar-refractivity contribution in [1.29, 1.82) is 0 Å². The Morgan fingerprint density at radius 2 is 2.06 bits per heavy atom. The number of methoxy groups -OCH3 is 1. The van der Waals surface area contributed by atoms with E-state index in [1.54, 1.807) is 11.5 Å². The number of amides is 1. The van der Waals surface area contributed by atoms with Gasteiger partial charge in [0.1, 0.15) is 18.1 Å². The van der Waals surface area contributed by atoms with Gasteiger partial charge in [0.05, 0.1) is 13.3 Å². The Bertz CT molecular complexity index is 461. The van der Waals surface area contributed by atoms with E-state index in [4.69, 9.17) is 0 Å². The molecule has 1 saturated heterocycles. The Balaban J connectivity index is 2.15. The van der Waals surface area contributed by atoms with E-state index in [1.165, 1.54) is 13.3 Å². The fourth-order valence-corrected chi connectivity index (χ4v) is 2.14. The van der Waals surface area contributed by atoms with Crippen LogP contribution in [0.1, 0.15) is 29.2 Å². The van der Waals surface area contributed by atoms with Crippen molar-refractivity contribution in [3.63, 3.8) is 0 Å². The van der Waals surface area contributed by atoms with E-state index >= 15 is 0 Å². The normalized spacial score (nSPS) is 14.9. The molecule has 1 amide bonds. The molecule has 6 heteroatoms. The van der Waals surface area contributed by atoms with Crippen molar-refractivity contribution in [2.24, 2.45) is 0 Å². The second-order valence-electron chi connectivity index (χ2n) is 4.36. The van der Waals surface area contributed by atoms with E-state index in [1.807, 2.05) is 4.90 Å². The first-order valence-electron chi connectivity index (χ1n) is 6.01. The molecule has 18 heavy (non-hydrogen) atoms. The third-order valence-electron chi connectivity index (χ3n) is 3.20. The minimum absolute atomic E-state index is 0.0266. The number of aryl methyl sites for hydroxylation is 1. The van der Waals surface area contributed by atoms with Crippen molar-refractivity contribution in [3.8, 4) is 0 Å². The van der Waals surface area contributed by atoms with E-state index in [-0.39, 0.29) is 12.5 Å². The summed E-state index contributed by atoms with van der Waals surface area (Å²) in [5, 5.41) is 0. The van der Waals surface area contributed by atoms with Crippen molar-refractivity contribution in [2.75, 3.05) is 20.2 Å². The SMILES string of the molecule is COC(=O)c1cnc(C)n1CC(=O)N1CCCC1. The van der Waals surface area contributed by atoms with Crippen LogP contribution in [0.4, 0.5) is 0 Å². The van der Waals surface area contributed by atoms with Crippen LogP contribution in [0.2, 0.25) is 0 Å². The summed E-state index contributed by atoms with van der Waals surface area (Å²) in [5.74, 6) is 0.200. The lowest BCUT2D eigenvalue weighted by molar-refractivity contribution is -0.130. The molecule has 98 valence electrons. The smallest absolute Gasteiger partial charge is 0.356 e. The maximum atomic E-state index is 12.1.